The van der Waals surface area contributed by atoms with Crippen molar-refractivity contribution in [2.75, 3.05) is 6.54 Å². The van der Waals surface area contributed by atoms with Gasteiger partial charge in [-0.15, -0.1) is 12.4 Å². The number of carbonyl (C=O) groups excluding carboxylic acids is 1. The summed E-state index contributed by atoms with van der Waals surface area (Å²) in [4.78, 5) is 11.6. The van der Waals surface area contributed by atoms with Crippen LogP contribution >= 0.6 is 12.4 Å². The Morgan fingerprint density at radius 3 is 2.06 bits per heavy atom. The number of amides is 1. The van der Waals surface area contributed by atoms with Gasteiger partial charge in [0.1, 0.15) is 0 Å². The first-order chi connectivity index (χ1) is 7.84. The molecule has 2 fully saturated rings. The summed E-state index contributed by atoms with van der Waals surface area (Å²) < 4.78 is 0. The van der Waals surface area contributed by atoms with Gasteiger partial charge >= 0.3 is 0 Å². The summed E-state index contributed by atoms with van der Waals surface area (Å²) in [5.74, 6) is 0.234. The third kappa shape index (κ3) is 5.26. The van der Waals surface area contributed by atoms with E-state index in [2.05, 4.69) is 10.6 Å². The average molecular weight is 261 g/mol. The van der Waals surface area contributed by atoms with Gasteiger partial charge in [0, 0.05) is 25.0 Å². The molecular formula is C13H25ClN2O. The van der Waals surface area contributed by atoms with Crippen molar-refractivity contribution in [2.24, 2.45) is 0 Å². The van der Waals surface area contributed by atoms with Gasteiger partial charge in [0.15, 0.2) is 0 Å². The third-order valence-corrected chi connectivity index (χ3v) is 3.86. The number of halogens is 1. The molecule has 0 bridgehead atoms. The smallest absolute Gasteiger partial charge is 0.221 e. The van der Waals surface area contributed by atoms with Gasteiger partial charge in [-0.3, -0.25) is 4.79 Å². The Morgan fingerprint density at radius 2 is 1.47 bits per heavy atom. The summed E-state index contributed by atoms with van der Waals surface area (Å²) in [6.07, 6.45) is 10.9. The fraction of sp³-hybridized carbons (Fsp3) is 0.923. The average Bonchev–Trinajstić information content (AvgIpc) is 2.90. The molecule has 0 heterocycles. The van der Waals surface area contributed by atoms with Crippen LogP contribution in [0.4, 0.5) is 0 Å². The van der Waals surface area contributed by atoms with E-state index >= 15 is 0 Å². The molecule has 0 aliphatic heterocycles. The van der Waals surface area contributed by atoms with Crippen LogP contribution in [-0.2, 0) is 4.79 Å². The fourth-order valence-electron chi connectivity index (χ4n) is 2.89. The first-order valence-corrected chi connectivity index (χ1v) is 6.87. The van der Waals surface area contributed by atoms with Crippen molar-refractivity contribution in [3.8, 4) is 0 Å². The molecule has 1 amide bonds. The second-order valence-electron chi connectivity index (χ2n) is 5.23. The van der Waals surface area contributed by atoms with Crippen LogP contribution < -0.4 is 10.6 Å². The molecule has 2 rings (SSSR count). The van der Waals surface area contributed by atoms with Crippen molar-refractivity contribution in [2.45, 2.75) is 69.9 Å². The predicted octanol–water partition coefficient (Wildman–Crippen LogP) is 2.39. The molecule has 0 aromatic carbocycles. The first-order valence-electron chi connectivity index (χ1n) is 6.87. The van der Waals surface area contributed by atoms with Gasteiger partial charge in [0.05, 0.1) is 0 Å². The molecule has 2 N–H and O–H groups in total. The van der Waals surface area contributed by atoms with Crippen LogP contribution in [0.3, 0.4) is 0 Å². The van der Waals surface area contributed by atoms with E-state index < -0.39 is 0 Å². The topological polar surface area (TPSA) is 41.1 Å². The Balaban J connectivity index is 0.00000144. The zero-order valence-electron chi connectivity index (χ0n) is 10.5. The summed E-state index contributed by atoms with van der Waals surface area (Å²) >= 11 is 0. The Morgan fingerprint density at radius 1 is 0.941 bits per heavy atom. The lowest BCUT2D eigenvalue weighted by molar-refractivity contribution is -0.121. The fourth-order valence-corrected chi connectivity index (χ4v) is 2.89. The Kier molecular flexibility index (Phi) is 6.90. The normalized spacial score (nSPS) is 21.4. The third-order valence-electron chi connectivity index (χ3n) is 3.86. The molecule has 2 saturated carbocycles. The van der Waals surface area contributed by atoms with Gasteiger partial charge in [0.25, 0.3) is 0 Å². The highest BCUT2D eigenvalue weighted by Gasteiger charge is 2.17. The standard InChI is InChI=1S/C13H24N2O.ClH/c16-13(15-12-7-3-4-8-12)9-10-14-11-5-1-2-6-11;/h11-12,14H,1-10H2,(H,15,16);1H. The Labute approximate surface area is 111 Å². The van der Waals surface area contributed by atoms with E-state index in [4.69, 9.17) is 0 Å². The lowest BCUT2D eigenvalue weighted by Gasteiger charge is -2.14. The largest absolute Gasteiger partial charge is 0.353 e. The van der Waals surface area contributed by atoms with Crippen LogP contribution in [0, 0.1) is 0 Å². The molecule has 3 nitrogen and oxygen atoms in total. The SMILES string of the molecule is Cl.O=C(CCNC1CCCC1)NC1CCCC1. The highest BCUT2D eigenvalue weighted by molar-refractivity contribution is 5.85. The molecule has 4 heteroatoms. The number of carbonyl (C=O) groups is 1. The summed E-state index contributed by atoms with van der Waals surface area (Å²) in [6, 6.07) is 1.15. The number of nitrogens with one attached hydrogen (secondary N) is 2. The first kappa shape index (κ1) is 14.8. The second kappa shape index (κ2) is 7.93. The van der Waals surface area contributed by atoms with Crippen molar-refractivity contribution >= 4 is 18.3 Å². The van der Waals surface area contributed by atoms with Crippen LogP contribution in [0.5, 0.6) is 0 Å². The summed E-state index contributed by atoms with van der Waals surface area (Å²) in [5.41, 5.74) is 0. The van der Waals surface area contributed by atoms with E-state index in [0.29, 0.717) is 18.5 Å². The second-order valence-corrected chi connectivity index (χ2v) is 5.23. The lowest BCUT2D eigenvalue weighted by atomic mass is 10.2. The molecule has 0 atom stereocenters. The molecule has 0 aromatic heterocycles. The van der Waals surface area contributed by atoms with Gasteiger partial charge in [-0.2, -0.15) is 0 Å². The highest BCUT2D eigenvalue weighted by Crippen LogP contribution is 2.18. The maximum Gasteiger partial charge on any atom is 0.221 e. The zero-order valence-corrected chi connectivity index (χ0v) is 11.4. The van der Waals surface area contributed by atoms with E-state index in [1.165, 1.54) is 51.4 Å². The van der Waals surface area contributed by atoms with Crippen LogP contribution in [-0.4, -0.2) is 24.5 Å². The predicted molar refractivity (Wildman–Crippen MR) is 72.5 cm³/mol. The summed E-state index contributed by atoms with van der Waals surface area (Å²) in [5, 5.41) is 6.60. The minimum atomic E-state index is 0. The van der Waals surface area contributed by atoms with Gasteiger partial charge in [-0.1, -0.05) is 25.7 Å². The van der Waals surface area contributed by atoms with Crippen LogP contribution in [0.1, 0.15) is 57.8 Å². The number of hydrogen-bond donors (Lipinski definition) is 2. The molecule has 100 valence electrons. The number of rotatable bonds is 5. The van der Waals surface area contributed by atoms with Crippen molar-refractivity contribution in [3.63, 3.8) is 0 Å². The van der Waals surface area contributed by atoms with Gasteiger partial charge in [0.2, 0.25) is 5.91 Å². The van der Waals surface area contributed by atoms with Crippen molar-refractivity contribution in [3.05, 3.63) is 0 Å². The van der Waals surface area contributed by atoms with E-state index in [0.717, 1.165) is 6.54 Å². The Hall–Kier alpha value is -0.280. The summed E-state index contributed by atoms with van der Waals surface area (Å²) in [7, 11) is 0. The quantitative estimate of drug-likeness (QED) is 0.797. The molecule has 2 aliphatic carbocycles. The van der Waals surface area contributed by atoms with E-state index in [1.54, 1.807) is 0 Å². The molecule has 0 spiro atoms. The van der Waals surface area contributed by atoms with E-state index in [9.17, 15) is 4.79 Å². The van der Waals surface area contributed by atoms with E-state index in [-0.39, 0.29) is 18.3 Å². The van der Waals surface area contributed by atoms with E-state index in [1.807, 2.05) is 0 Å². The van der Waals surface area contributed by atoms with Crippen LogP contribution in [0.15, 0.2) is 0 Å². The zero-order chi connectivity index (χ0) is 11.2. The molecule has 2 aliphatic rings. The maximum absolute atomic E-state index is 11.6. The molecular weight excluding hydrogens is 236 g/mol. The van der Waals surface area contributed by atoms with Gasteiger partial charge in [-0.25, -0.2) is 0 Å². The maximum atomic E-state index is 11.6. The van der Waals surface area contributed by atoms with Crippen LogP contribution in [0.2, 0.25) is 0 Å². The van der Waals surface area contributed by atoms with Gasteiger partial charge in [-0.05, 0) is 25.7 Å². The molecule has 0 radical (unpaired) electrons. The van der Waals surface area contributed by atoms with Gasteiger partial charge < -0.3 is 10.6 Å². The van der Waals surface area contributed by atoms with Crippen molar-refractivity contribution < 1.29 is 4.79 Å². The molecule has 0 saturated heterocycles. The minimum Gasteiger partial charge on any atom is -0.353 e. The Bertz CT molecular complexity index is 223. The monoisotopic (exact) mass is 260 g/mol. The van der Waals surface area contributed by atoms with Crippen molar-refractivity contribution in [1.82, 2.24) is 10.6 Å². The lowest BCUT2D eigenvalue weighted by Crippen LogP contribution is -2.36. The van der Waals surface area contributed by atoms with Crippen molar-refractivity contribution in [1.29, 1.82) is 0 Å². The number of hydrogen-bond acceptors (Lipinski definition) is 2. The molecule has 0 unspecified atom stereocenters. The molecule has 17 heavy (non-hydrogen) atoms. The molecule has 0 aromatic rings. The van der Waals surface area contributed by atoms with Crippen LogP contribution in [0.25, 0.3) is 0 Å². The summed E-state index contributed by atoms with van der Waals surface area (Å²) in [6.45, 7) is 0.850. The minimum absolute atomic E-state index is 0. The highest BCUT2D eigenvalue weighted by atomic mass is 35.5.